The Balaban J connectivity index is 2.68. The Bertz CT molecular complexity index is 466. The first kappa shape index (κ1) is 9.96. The van der Waals surface area contributed by atoms with Crippen molar-refractivity contribution in [1.82, 2.24) is 0 Å². The summed E-state index contributed by atoms with van der Waals surface area (Å²) in [5.74, 6) is 0. The SMILES string of the molecule is Nc1c(CO)sc2ccc(CBr)cc12. The van der Waals surface area contributed by atoms with Crippen LogP contribution < -0.4 is 5.73 Å². The van der Waals surface area contributed by atoms with E-state index in [4.69, 9.17) is 10.8 Å². The van der Waals surface area contributed by atoms with Crippen LogP contribution >= 0.6 is 27.3 Å². The lowest BCUT2D eigenvalue weighted by Gasteiger charge is -1.96. The summed E-state index contributed by atoms with van der Waals surface area (Å²) in [7, 11) is 0. The summed E-state index contributed by atoms with van der Waals surface area (Å²) in [6.45, 7) is 0.0226. The number of halogens is 1. The van der Waals surface area contributed by atoms with Gasteiger partial charge in [-0.25, -0.2) is 0 Å². The molecule has 14 heavy (non-hydrogen) atoms. The number of fused-ring (bicyclic) bond motifs is 1. The number of aliphatic hydroxyl groups is 1. The maximum atomic E-state index is 9.07. The van der Waals surface area contributed by atoms with E-state index in [0.717, 1.165) is 26.0 Å². The smallest absolute Gasteiger partial charge is 0.0795 e. The highest BCUT2D eigenvalue weighted by Crippen LogP contribution is 2.34. The summed E-state index contributed by atoms with van der Waals surface area (Å²) in [4.78, 5) is 0.853. The van der Waals surface area contributed by atoms with Crippen molar-refractivity contribution in [2.24, 2.45) is 0 Å². The van der Waals surface area contributed by atoms with E-state index in [-0.39, 0.29) is 6.61 Å². The maximum Gasteiger partial charge on any atom is 0.0795 e. The fraction of sp³-hybridized carbons (Fsp3) is 0.200. The molecule has 1 aromatic carbocycles. The minimum atomic E-state index is 0.0226. The molecule has 1 aromatic heterocycles. The Kier molecular flexibility index (Phi) is 2.76. The van der Waals surface area contributed by atoms with E-state index < -0.39 is 0 Å². The lowest BCUT2D eigenvalue weighted by molar-refractivity contribution is 0.286. The topological polar surface area (TPSA) is 46.2 Å². The van der Waals surface area contributed by atoms with Gasteiger partial charge in [-0.05, 0) is 17.7 Å². The van der Waals surface area contributed by atoms with E-state index in [2.05, 4.69) is 28.1 Å². The first-order valence-corrected chi connectivity index (χ1v) is 6.16. The van der Waals surface area contributed by atoms with Crippen molar-refractivity contribution in [2.45, 2.75) is 11.9 Å². The molecule has 0 aliphatic heterocycles. The summed E-state index contributed by atoms with van der Waals surface area (Å²) in [5.41, 5.74) is 7.83. The van der Waals surface area contributed by atoms with Crippen LogP contribution in [0, 0.1) is 0 Å². The first-order chi connectivity index (χ1) is 6.76. The van der Waals surface area contributed by atoms with Gasteiger partial charge in [-0.3, -0.25) is 0 Å². The monoisotopic (exact) mass is 271 g/mol. The van der Waals surface area contributed by atoms with Gasteiger partial charge in [0.05, 0.1) is 17.2 Å². The third-order valence-corrected chi connectivity index (χ3v) is 3.98. The van der Waals surface area contributed by atoms with Crippen molar-refractivity contribution in [2.75, 3.05) is 5.73 Å². The van der Waals surface area contributed by atoms with Crippen LogP contribution in [0.25, 0.3) is 10.1 Å². The maximum absolute atomic E-state index is 9.07. The third kappa shape index (κ3) is 1.54. The molecule has 3 N–H and O–H groups in total. The van der Waals surface area contributed by atoms with Gasteiger partial charge in [0.2, 0.25) is 0 Å². The highest BCUT2D eigenvalue weighted by atomic mass is 79.9. The van der Waals surface area contributed by atoms with Crippen molar-refractivity contribution in [3.63, 3.8) is 0 Å². The summed E-state index contributed by atoms with van der Waals surface area (Å²) in [6, 6.07) is 6.18. The Hall–Kier alpha value is -0.580. The van der Waals surface area contributed by atoms with E-state index in [1.54, 1.807) is 11.3 Å². The summed E-state index contributed by atoms with van der Waals surface area (Å²) in [5, 5.41) is 10.9. The predicted octanol–water partition coefficient (Wildman–Crippen LogP) is 2.87. The van der Waals surface area contributed by atoms with Crippen molar-refractivity contribution in [1.29, 1.82) is 0 Å². The minimum absolute atomic E-state index is 0.0226. The van der Waals surface area contributed by atoms with Crippen LogP contribution in [0.1, 0.15) is 10.4 Å². The van der Waals surface area contributed by atoms with Gasteiger partial charge in [0.1, 0.15) is 0 Å². The number of thiophene rings is 1. The van der Waals surface area contributed by atoms with Gasteiger partial charge in [0.25, 0.3) is 0 Å². The molecule has 2 nitrogen and oxygen atoms in total. The number of nitrogen functional groups attached to an aromatic ring is 1. The van der Waals surface area contributed by atoms with E-state index in [9.17, 15) is 0 Å². The number of benzene rings is 1. The van der Waals surface area contributed by atoms with Crippen LogP contribution in [0.15, 0.2) is 18.2 Å². The molecule has 2 aromatic rings. The second-order valence-electron chi connectivity index (χ2n) is 3.06. The third-order valence-electron chi connectivity index (χ3n) is 2.17. The Morgan fingerprint density at radius 2 is 2.21 bits per heavy atom. The van der Waals surface area contributed by atoms with E-state index in [1.165, 1.54) is 5.56 Å². The van der Waals surface area contributed by atoms with E-state index in [1.807, 2.05) is 6.07 Å². The van der Waals surface area contributed by atoms with Crippen molar-refractivity contribution < 1.29 is 5.11 Å². The van der Waals surface area contributed by atoms with Crippen molar-refractivity contribution in [3.05, 3.63) is 28.6 Å². The Morgan fingerprint density at radius 3 is 2.86 bits per heavy atom. The molecular weight excluding hydrogens is 262 g/mol. The number of rotatable bonds is 2. The lowest BCUT2D eigenvalue weighted by atomic mass is 10.1. The minimum Gasteiger partial charge on any atom is -0.397 e. The largest absolute Gasteiger partial charge is 0.397 e. The highest BCUT2D eigenvalue weighted by Gasteiger charge is 2.08. The predicted molar refractivity (Wildman–Crippen MR) is 64.8 cm³/mol. The zero-order chi connectivity index (χ0) is 10.1. The van der Waals surface area contributed by atoms with E-state index >= 15 is 0 Å². The van der Waals surface area contributed by atoms with Gasteiger partial charge in [-0.2, -0.15) is 0 Å². The standard InChI is InChI=1S/C10H10BrNOS/c11-4-6-1-2-8-7(3-6)10(12)9(5-13)14-8/h1-3,13H,4-5,12H2. The quantitative estimate of drug-likeness (QED) is 0.826. The summed E-state index contributed by atoms with van der Waals surface area (Å²) >= 11 is 4.96. The average molecular weight is 272 g/mol. The molecular formula is C10H10BrNOS. The van der Waals surface area contributed by atoms with Crippen LogP contribution in [0.5, 0.6) is 0 Å². The molecule has 0 radical (unpaired) electrons. The summed E-state index contributed by atoms with van der Waals surface area (Å²) < 4.78 is 1.14. The van der Waals surface area contributed by atoms with Gasteiger partial charge in [0, 0.05) is 15.4 Å². The van der Waals surface area contributed by atoms with E-state index in [0.29, 0.717) is 0 Å². The lowest BCUT2D eigenvalue weighted by Crippen LogP contribution is -1.88. The van der Waals surface area contributed by atoms with Crippen molar-refractivity contribution >= 4 is 43.0 Å². The number of aliphatic hydroxyl groups excluding tert-OH is 1. The molecule has 0 fully saturated rings. The second-order valence-corrected chi connectivity index (χ2v) is 4.76. The molecule has 74 valence electrons. The van der Waals surface area contributed by atoms with Crippen LogP contribution in [0.2, 0.25) is 0 Å². The molecule has 0 bridgehead atoms. The number of anilines is 1. The first-order valence-electron chi connectivity index (χ1n) is 4.23. The molecule has 0 spiro atoms. The molecule has 1 heterocycles. The van der Waals surface area contributed by atoms with Gasteiger partial charge >= 0.3 is 0 Å². The molecule has 0 amide bonds. The zero-order valence-electron chi connectivity index (χ0n) is 7.46. The molecule has 0 unspecified atom stereocenters. The van der Waals surface area contributed by atoms with Crippen LogP contribution in [-0.2, 0) is 11.9 Å². The fourth-order valence-corrected chi connectivity index (χ4v) is 2.73. The highest BCUT2D eigenvalue weighted by molar-refractivity contribution is 9.08. The zero-order valence-corrected chi connectivity index (χ0v) is 9.86. The van der Waals surface area contributed by atoms with Gasteiger partial charge in [0.15, 0.2) is 0 Å². The number of hydrogen-bond donors (Lipinski definition) is 2. The summed E-state index contributed by atoms with van der Waals surface area (Å²) in [6.07, 6.45) is 0. The Labute approximate surface area is 94.5 Å². The number of nitrogens with two attached hydrogens (primary N) is 1. The van der Waals surface area contributed by atoms with Gasteiger partial charge in [-0.1, -0.05) is 22.0 Å². The Morgan fingerprint density at radius 1 is 1.43 bits per heavy atom. The molecule has 0 aliphatic rings. The van der Waals surface area contributed by atoms with Gasteiger partial charge < -0.3 is 10.8 Å². The van der Waals surface area contributed by atoms with Crippen LogP contribution in [0.4, 0.5) is 5.69 Å². The molecule has 4 heteroatoms. The number of alkyl halides is 1. The molecule has 0 atom stereocenters. The van der Waals surface area contributed by atoms with Crippen LogP contribution in [0.3, 0.4) is 0 Å². The van der Waals surface area contributed by atoms with Crippen LogP contribution in [-0.4, -0.2) is 5.11 Å². The second kappa shape index (κ2) is 3.88. The number of hydrogen-bond acceptors (Lipinski definition) is 3. The molecule has 0 saturated carbocycles. The molecule has 2 rings (SSSR count). The van der Waals surface area contributed by atoms with Crippen molar-refractivity contribution in [3.8, 4) is 0 Å². The van der Waals surface area contributed by atoms with Gasteiger partial charge in [-0.15, -0.1) is 11.3 Å². The fourth-order valence-electron chi connectivity index (χ4n) is 1.42. The average Bonchev–Trinajstić information content (AvgIpc) is 2.55. The molecule has 0 aliphatic carbocycles. The molecule has 0 saturated heterocycles. The normalized spacial score (nSPS) is 11.0.